The topological polar surface area (TPSA) is 59.0 Å². The normalized spacial score (nSPS) is 11.2. The van der Waals surface area contributed by atoms with E-state index in [0.29, 0.717) is 12.0 Å². The molecule has 0 bridgehead atoms. The monoisotopic (exact) mass is 387 g/mol. The quantitative estimate of drug-likeness (QED) is 0.448. The summed E-state index contributed by atoms with van der Waals surface area (Å²) in [7, 11) is 0.958. The van der Waals surface area contributed by atoms with E-state index < -0.39 is 41.5 Å². The van der Waals surface area contributed by atoms with E-state index in [2.05, 4.69) is 4.74 Å². The standard InChI is InChI=1S/C18H17F4NO4/c1-3-11-7-8-16(14(19)9-11)27-10-12-13(18(20,21)22)5-4-6-15(12)23(25)17(24)26-2/h4-9,25H,3,10H2,1-2H3. The largest absolute Gasteiger partial charge is 0.486 e. The second-order valence-corrected chi connectivity index (χ2v) is 5.49. The highest BCUT2D eigenvalue weighted by molar-refractivity contribution is 5.86. The van der Waals surface area contributed by atoms with Gasteiger partial charge in [0.05, 0.1) is 18.4 Å². The number of anilines is 1. The van der Waals surface area contributed by atoms with Crippen LogP contribution in [0.4, 0.5) is 28.0 Å². The van der Waals surface area contributed by atoms with Gasteiger partial charge in [-0.05, 0) is 36.2 Å². The summed E-state index contributed by atoms with van der Waals surface area (Å²) in [5.74, 6) is -0.980. The predicted octanol–water partition coefficient (Wildman–Crippen LogP) is 4.95. The number of hydrogen-bond donors (Lipinski definition) is 1. The Morgan fingerprint density at radius 3 is 2.48 bits per heavy atom. The molecule has 0 aliphatic carbocycles. The lowest BCUT2D eigenvalue weighted by Gasteiger charge is -2.21. The molecule has 1 amide bonds. The van der Waals surface area contributed by atoms with Crippen LogP contribution in [0.15, 0.2) is 36.4 Å². The number of carbonyl (C=O) groups is 1. The fourth-order valence-electron chi connectivity index (χ4n) is 2.41. The van der Waals surface area contributed by atoms with Crippen LogP contribution >= 0.6 is 0 Å². The number of benzene rings is 2. The molecule has 0 fully saturated rings. The van der Waals surface area contributed by atoms with Crippen LogP contribution in [0.2, 0.25) is 0 Å². The number of ether oxygens (including phenoxy) is 2. The zero-order valence-electron chi connectivity index (χ0n) is 14.5. The number of carbonyl (C=O) groups excluding carboxylic acids is 1. The summed E-state index contributed by atoms with van der Waals surface area (Å²) in [5.41, 5.74) is -1.46. The molecular weight excluding hydrogens is 370 g/mol. The average Bonchev–Trinajstić information content (AvgIpc) is 2.64. The third kappa shape index (κ3) is 4.68. The number of hydroxylamine groups is 1. The molecule has 2 aromatic carbocycles. The van der Waals surface area contributed by atoms with Crippen LogP contribution in [0.5, 0.6) is 5.75 Å². The summed E-state index contributed by atoms with van der Waals surface area (Å²) in [5, 5.41) is 9.78. The van der Waals surface area contributed by atoms with Crippen molar-refractivity contribution in [2.24, 2.45) is 0 Å². The second kappa shape index (κ2) is 8.26. The molecule has 0 saturated carbocycles. The fraction of sp³-hybridized carbons (Fsp3) is 0.278. The molecular formula is C18H17F4NO4. The van der Waals surface area contributed by atoms with Crippen molar-refractivity contribution in [1.82, 2.24) is 0 Å². The first-order valence-electron chi connectivity index (χ1n) is 7.86. The predicted molar refractivity (Wildman–Crippen MR) is 88.2 cm³/mol. The van der Waals surface area contributed by atoms with Gasteiger partial charge in [0.15, 0.2) is 11.6 Å². The number of aryl methyl sites for hydroxylation is 1. The number of halogens is 4. The molecule has 0 aliphatic rings. The smallest absolute Gasteiger partial charge is 0.438 e. The van der Waals surface area contributed by atoms with Crippen molar-refractivity contribution in [3.8, 4) is 5.75 Å². The van der Waals surface area contributed by atoms with E-state index >= 15 is 0 Å². The maximum absolute atomic E-state index is 14.0. The number of amides is 1. The fourth-order valence-corrected chi connectivity index (χ4v) is 2.41. The molecule has 0 atom stereocenters. The molecule has 0 aromatic heterocycles. The lowest BCUT2D eigenvalue weighted by atomic mass is 10.1. The molecule has 1 N–H and O–H groups in total. The van der Waals surface area contributed by atoms with E-state index in [4.69, 9.17) is 4.74 Å². The van der Waals surface area contributed by atoms with Gasteiger partial charge in [-0.15, -0.1) is 0 Å². The molecule has 0 aliphatic heterocycles. The van der Waals surface area contributed by atoms with Gasteiger partial charge in [-0.1, -0.05) is 19.1 Å². The molecule has 0 heterocycles. The van der Waals surface area contributed by atoms with Crippen LogP contribution < -0.4 is 9.80 Å². The molecule has 0 unspecified atom stereocenters. The van der Waals surface area contributed by atoms with Crippen molar-refractivity contribution in [1.29, 1.82) is 0 Å². The van der Waals surface area contributed by atoms with Gasteiger partial charge in [0.2, 0.25) is 0 Å². The van der Waals surface area contributed by atoms with Gasteiger partial charge in [-0.25, -0.2) is 9.18 Å². The summed E-state index contributed by atoms with van der Waals surface area (Å²) in [6.45, 7) is 1.09. The average molecular weight is 387 g/mol. The Labute approximate surface area is 152 Å². The summed E-state index contributed by atoms with van der Waals surface area (Å²) < 4.78 is 63.5. The first kappa shape index (κ1) is 20.5. The number of methoxy groups -OCH3 is 1. The van der Waals surface area contributed by atoms with Gasteiger partial charge in [0.25, 0.3) is 0 Å². The number of hydrogen-bond acceptors (Lipinski definition) is 4. The van der Waals surface area contributed by atoms with Crippen molar-refractivity contribution in [3.05, 3.63) is 58.9 Å². The molecule has 0 saturated heterocycles. The summed E-state index contributed by atoms with van der Waals surface area (Å²) in [4.78, 5) is 11.5. The summed E-state index contributed by atoms with van der Waals surface area (Å²) in [6.07, 6.45) is -5.48. The molecule has 146 valence electrons. The molecule has 0 radical (unpaired) electrons. The molecule has 9 heteroatoms. The minimum Gasteiger partial charge on any atom is -0.486 e. The summed E-state index contributed by atoms with van der Waals surface area (Å²) >= 11 is 0. The van der Waals surface area contributed by atoms with E-state index in [1.807, 2.05) is 6.92 Å². The van der Waals surface area contributed by atoms with E-state index in [9.17, 15) is 27.6 Å². The van der Waals surface area contributed by atoms with Crippen LogP contribution in [-0.2, 0) is 23.9 Å². The maximum Gasteiger partial charge on any atom is 0.438 e. The van der Waals surface area contributed by atoms with E-state index in [0.717, 1.165) is 25.3 Å². The maximum atomic E-state index is 14.0. The number of alkyl halides is 3. The third-order valence-electron chi connectivity index (χ3n) is 3.81. The number of nitrogens with zero attached hydrogens (tertiary/aromatic N) is 1. The Hall–Kier alpha value is -2.81. The van der Waals surface area contributed by atoms with Gasteiger partial charge in [-0.3, -0.25) is 5.21 Å². The van der Waals surface area contributed by atoms with Crippen molar-refractivity contribution < 1.29 is 37.0 Å². The van der Waals surface area contributed by atoms with Crippen LogP contribution in [0.3, 0.4) is 0 Å². The molecule has 2 rings (SSSR count). The Morgan fingerprint density at radius 1 is 1.22 bits per heavy atom. The van der Waals surface area contributed by atoms with E-state index in [1.54, 1.807) is 6.07 Å². The Balaban J connectivity index is 2.42. The zero-order valence-corrected chi connectivity index (χ0v) is 14.5. The highest BCUT2D eigenvalue weighted by atomic mass is 19.4. The minimum atomic E-state index is -4.78. The molecule has 2 aromatic rings. The minimum absolute atomic E-state index is 0.0650. The first-order chi connectivity index (χ1) is 12.7. The van der Waals surface area contributed by atoms with Gasteiger partial charge >= 0.3 is 12.3 Å². The van der Waals surface area contributed by atoms with Gasteiger partial charge in [0.1, 0.15) is 6.61 Å². The van der Waals surface area contributed by atoms with Gasteiger partial charge < -0.3 is 9.47 Å². The highest BCUT2D eigenvalue weighted by Gasteiger charge is 2.36. The third-order valence-corrected chi connectivity index (χ3v) is 3.81. The zero-order chi connectivity index (χ0) is 20.2. The Morgan fingerprint density at radius 2 is 1.93 bits per heavy atom. The molecule has 0 spiro atoms. The Bertz CT molecular complexity index is 823. The second-order valence-electron chi connectivity index (χ2n) is 5.49. The van der Waals surface area contributed by atoms with Crippen molar-refractivity contribution >= 4 is 11.8 Å². The lowest BCUT2D eigenvalue weighted by molar-refractivity contribution is -0.138. The van der Waals surface area contributed by atoms with Crippen LogP contribution in [-0.4, -0.2) is 18.4 Å². The van der Waals surface area contributed by atoms with Crippen LogP contribution in [0, 0.1) is 5.82 Å². The van der Waals surface area contributed by atoms with Crippen molar-refractivity contribution in [2.45, 2.75) is 26.1 Å². The van der Waals surface area contributed by atoms with E-state index in [-0.39, 0.29) is 10.8 Å². The van der Waals surface area contributed by atoms with Gasteiger partial charge in [-0.2, -0.15) is 18.2 Å². The van der Waals surface area contributed by atoms with Crippen LogP contribution in [0.25, 0.3) is 0 Å². The highest BCUT2D eigenvalue weighted by Crippen LogP contribution is 2.37. The van der Waals surface area contributed by atoms with Crippen molar-refractivity contribution in [2.75, 3.05) is 12.2 Å². The Kier molecular flexibility index (Phi) is 6.27. The van der Waals surface area contributed by atoms with Gasteiger partial charge in [0, 0.05) is 5.56 Å². The summed E-state index contributed by atoms with van der Waals surface area (Å²) in [6, 6.07) is 6.98. The van der Waals surface area contributed by atoms with Crippen molar-refractivity contribution in [3.63, 3.8) is 0 Å². The lowest BCUT2D eigenvalue weighted by Crippen LogP contribution is -2.29. The molecule has 27 heavy (non-hydrogen) atoms. The first-order valence-corrected chi connectivity index (χ1v) is 7.86. The van der Waals surface area contributed by atoms with E-state index in [1.165, 1.54) is 12.1 Å². The SMILES string of the molecule is CCc1ccc(OCc2c(N(O)C(=O)OC)cccc2C(F)(F)F)c(F)c1. The number of rotatable bonds is 5. The van der Waals surface area contributed by atoms with Crippen LogP contribution in [0.1, 0.15) is 23.6 Å². The molecule has 5 nitrogen and oxygen atoms in total.